The number of rotatable bonds is 10. The molecular weight excluding hydrogens is 414 g/mol. The number of nitrogens with one attached hydrogen (secondary N) is 1. The molecule has 0 aliphatic heterocycles. The summed E-state index contributed by atoms with van der Waals surface area (Å²) in [5.41, 5.74) is 7.87. The van der Waals surface area contributed by atoms with Crippen LogP contribution in [0, 0.1) is 0 Å². The number of hydrogen-bond acceptors (Lipinski definition) is 5. The topological polar surface area (TPSA) is 86.5 Å². The lowest BCUT2D eigenvalue weighted by Gasteiger charge is -2.12. The number of primary amides is 1. The fourth-order valence-corrected chi connectivity index (χ4v) is 3.26. The van der Waals surface area contributed by atoms with Gasteiger partial charge in [0.05, 0.1) is 5.56 Å². The fraction of sp³-hybridized carbons (Fsp3) is 0.111. The molecule has 1 heterocycles. The number of nitrogens with zero attached hydrogens (tertiary/aromatic N) is 1. The predicted molar refractivity (Wildman–Crippen MR) is 128 cm³/mol. The largest absolute Gasteiger partial charge is 0.457 e. The normalized spacial score (nSPS) is 10.5. The molecule has 6 heteroatoms. The molecule has 0 radical (unpaired) electrons. The first-order valence-corrected chi connectivity index (χ1v) is 10.7. The second-order valence-electron chi connectivity index (χ2n) is 7.44. The number of aromatic nitrogens is 1. The molecular formula is C27H25N3O3. The Kier molecular flexibility index (Phi) is 7.30. The Morgan fingerprint density at radius 1 is 0.818 bits per heavy atom. The van der Waals surface area contributed by atoms with Crippen molar-refractivity contribution < 1.29 is 14.3 Å². The minimum absolute atomic E-state index is 0.345. The summed E-state index contributed by atoms with van der Waals surface area (Å²) in [5, 5.41) is 3.47. The van der Waals surface area contributed by atoms with Gasteiger partial charge in [0.15, 0.2) is 0 Å². The van der Waals surface area contributed by atoms with Gasteiger partial charge in [-0.3, -0.25) is 4.79 Å². The van der Waals surface area contributed by atoms with E-state index < -0.39 is 5.91 Å². The molecule has 33 heavy (non-hydrogen) atoms. The van der Waals surface area contributed by atoms with Crippen molar-refractivity contribution in [3.63, 3.8) is 0 Å². The van der Waals surface area contributed by atoms with Crippen LogP contribution in [0.1, 0.15) is 21.5 Å². The highest BCUT2D eigenvalue weighted by atomic mass is 16.5. The van der Waals surface area contributed by atoms with Gasteiger partial charge < -0.3 is 20.5 Å². The maximum absolute atomic E-state index is 11.1. The van der Waals surface area contributed by atoms with Crippen LogP contribution in [0.15, 0.2) is 97.2 Å². The van der Waals surface area contributed by atoms with E-state index in [2.05, 4.69) is 16.4 Å². The molecule has 0 aliphatic rings. The first kappa shape index (κ1) is 22.0. The van der Waals surface area contributed by atoms with Crippen molar-refractivity contribution in [3.05, 3.63) is 114 Å². The molecule has 0 spiro atoms. The van der Waals surface area contributed by atoms with Gasteiger partial charge in [-0.25, -0.2) is 4.98 Å². The van der Waals surface area contributed by atoms with Gasteiger partial charge in [0.25, 0.3) is 0 Å². The van der Waals surface area contributed by atoms with Crippen LogP contribution in [0.3, 0.4) is 0 Å². The Morgan fingerprint density at radius 3 is 2.27 bits per heavy atom. The average Bonchev–Trinajstić information content (AvgIpc) is 2.85. The number of benzene rings is 3. The molecule has 3 N–H and O–H groups in total. The van der Waals surface area contributed by atoms with Crippen molar-refractivity contribution in [3.8, 4) is 23.1 Å². The number of carbonyl (C=O) groups is 1. The number of amides is 1. The number of hydrogen-bond donors (Lipinski definition) is 2. The van der Waals surface area contributed by atoms with Crippen LogP contribution in [-0.2, 0) is 13.0 Å². The van der Waals surface area contributed by atoms with Crippen molar-refractivity contribution >= 4 is 5.91 Å². The van der Waals surface area contributed by atoms with Gasteiger partial charge in [-0.2, -0.15) is 0 Å². The van der Waals surface area contributed by atoms with E-state index in [1.54, 1.807) is 12.1 Å². The van der Waals surface area contributed by atoms with Crippen LogP contribution < -0.4 is 20.5 Å². The molecule has 0 atom stereocenters. The summed E-state index contributed by atoms with van der Waals surface area (Å²) in [7, 11) is 0. The van der Waals surface area contributed by atoms with Crippen molar-refractivity contribution in [2.75, 3.05) is 6.54 Å². The third kappa shape index (κ3) is 6.41. The summed E-state index contributed by atoms with van der Waals surface area (Å²) >= 11 is 0. The second kappa shape index (κ2) is 10.9. The fourth-order valence-electron chi connectivity index (χ4n) is 3.26. The maximum atomic E-state index is 11.1. The zero-order valence-electron chi connectivity index (χ0n) is 18.1. The average molecular weight is 440 g/mol. The van der Waals surface area contributed by atoms with Crippen molar-refractivity contribution in [1.82, 2.24) is 10.3 Å². The molecule has 0 saturated heterocycles. The standard InChI is InChI=1S/C27H25N3O3/c28-27(31)22-12-15-26(30-19-22)33-24-13-10-20(11-14-24)18-29-17-16-21-6-4-5-9-25(21)32-23-7-2-1-3-8-23/h1-15,19,29H,16-18H2,(H2,28,31). The summed E-state index contributed by atoms with van der Waals surface area (Å²) in [4.78, 5) is 15.2. The maximum Gasteiger partial charge on any atom is 0.250 e. The van der Waals surface area contributed by atoms with E-state index in [9.17, 15) is 4.79 Å². The van der Waals surface area contributed by atoms with Gasteiger partial charge in [-0.15, -0.1) is 0 Å². The summed E-state index contributed by atoms with van der Waals surface area (Å²) in [6, 6.07) is 28.9. The quantitative estimate of drug-likeness (QED) is 0.336. The van der Waals surface area contributed by atoms with E-state index in [4.69, 9.17) is 15.2 Å². The highest BCUT2D eigenvalue weighted by Crippen LogP contribution is 2.25. The van der Waals surface area contributed by atoms with E-state index >= 15 is 0 Å². The van der Waals surface area contributed by atoms with Crippen LogP contribution in [0.2, 0.25) is 0 Å². The SMILES string of the molecule is NC(=O)c1ccc(Oc2ccc(CNCCc3ccccc3Oc3ccccc3)cc2)nc1. The lowest BCUT2D eigenvalue weighted by atomic mass is 10.1. The molecule has 0 fully saturated rings. The Balaban J connectivity index is 1.25. The zero-order valence-corrected chi connectivity index (χ0v) is 18.1. The number of pyridine rings is 1. The first-order valence-electron chi connectivity index (χ1n) is 10.7. The highest BCUT2D eigenvalue weighted by Gasteiger charge is 2.05. The molecule has 4 rings (SSSR count). The molecule has 0 saturated carbocycles. The summed E-state index contributed by atoms with van der Waals surface area (Å²) in [5.74, 6) is 2.27. The van der Waals surface area contributed by atoms with Gasteiger partial charge in [0.2, 0.25) is 11.8 Å². The number of ether oxygens (including phenoxy) is 2. The van der Waals surface area contributed by atoms with E-state index in [-0.39, 0.29) is 0 Å². The van der Waals surface area contributed by atoms with Gasteiger partial charge in [-0.05, 0) is 60.5 Å². The Morgan fingerprint density at radius 2 is 1.55 bits per heavy atom. The third-order valence-corrected chi connectivity index (χ3v) is 5.01. The van der Waals surface area contributed by atoms with E-state index in [0.29, 0.717) is 17.2 Å². The molecule has 1 aromatic heterocycles. The Hall–Kier alpha value is -4.16. The van der Waals surface area contributed by atoms with Gasteiger partial charge in [-0.1, -0.05) is 48.5 Å². The first-order chi connectivity index (χ1) is 16.2. The van der Waals surface area contributed by atoms with E-state index in [1.165, 1.54) is 6.20 Å². The molecule has 6 nitrogen and oxygen atoms in total. The van der Waals surface area contributed by atoms with Crippen LogP contribution in [0.25, 0.3) is 0 Å². The lowest BCUT2D eigenvalue weighted by molar-refractivity contribution is 0.1000. The Bertz CT molecular complexity index is 1180. The minimum atomic E-state index is -0.516. The van der Waals surface area contributed by atoms with Gasteiger partial charge >= 0.3 is 0 Å². The number of carbonyl (C=O) groups excluding carboxylic acids is 1. The van der Waals surface area contributed by atoms with Crippen molar-refractivity contribution in [2.45, 2.75) is 13.0 Å². The lowest BCUT2D eigenvalue weighted by Crippen LogP contribution is -2.16. The van der Waals surface area contributed by atoms with Crippen molar-refractivity contribution in [2.24, 2.45) is 5.73 Å². The van der Waals surface area contributed by atoms with Crippen LogP contribution >= 0.6 is 0 Å². The third-order valence-electron chi connectivity index (χ3n) is 5.01. The van der Waals surface area contributed by atoms with E-state index in [0.717, 1.165) is 42.1 Å². The minimum Gasteiger partial charge on any atom is -0.457 e. The summed E-state index contributed by atoms with van der Waals surface area (Å²) in [6.07, 6.45) is 2.26. The molecule has 0 aliphatic carbocycles. The molecule has 0 bridgehead atoms. The second-order valence-corrected chi connectivity index (χ2v) is 7.44. The van der Waals surface area contributed by atoms with Crippen LogP contribution in [-0.4, -0.2) is 17.4 Å². The van der Waals surface area contributed by atoms with E-state index in [1.807, 2.05) is 72.8 Å². The summed E-state index contributed by atoms with van der Waals surface area (Å²) < 4.78 is 11.8. The smallest absolute Gasteiger partial charge is 0.250 e. The zero-order chi connectivity index (χ0) is 22.9. The molecule has 166 valence electrons. The monoisotopic (exact) mass is 439 g/mol. The summed E-state index contributed by atoms with van der Waals surface area (Å²) in [6.45, 7) is 1.57. The highest BCUT2D eigenvalue weighted by molar-refractivity contribution is 5.92. The molecule has 0 unspecified atom stereocenters. The predicted octanol–water partition coefficient (Wildman–Crippen LogP) is 5.10. The van der Waals surface area contributed by atoms with Crippen LogP contribution in [0.5, 0.6) is 23.1 Å². The number of para-hydroxylation sites is 2. The molecule has 1 amide bonds. The van der Waals surface area contributed by atoms with Crippen molar-refractivity contribution in [1.29, 1.82) is 0 Å². The molecule has 4 aromatic rings. The Labute approximate surface area is 193 Å². The molecule has 3 aromatic carbocycles. The van der Waals surface area contributed by atoms with Gasteiger partial charge in [0.1, 0.15) is 17.2 Å². The number of nitrogens with two attached hydrogens (primary N) is 1. The van der Waals surface area contributed by atoms with Gasteiger partial charge in [0, 0.05) is 18.8 Å². The van der Waals surface area contributed by atoms with Crippen LogP contribution in [0.4, 0.5) is 0 Å².